The molecule has 2 N–H and O–H groups in total. The molecule has 106 valence electrons. The Balaban J connectivity index is 1.94. The number of aliphatic hydroxyl groups excluding tert-OH is 1. The van der Waals surface area contributed by atoms with Crippen LogP contribution in [-0.4, -0.2) is 25.3 Å². The topological polar surface area (TPSA) is 35.5 Å². The summed E-state index contributed by atoms with van der Waals surface area (Å²) in [5.74, 6) is 0. The molecule has 0 bridgehead atoms. The van der Waals surface area contributed by atoms with E-state index in [1.54, 1.807) is 0 Å². The van der Waals surface area contributed by atoms with E-state index in [0.29, 0.717) is 6.54 Å². The Morgan fingerprint density at radius 2 is 1.90 bits per heavy atom. The van der Waals surface area contributed by atoms with Gasteiger partial charge in [-0.15, -0.1) is 0 Å². The van der Waals surface area contributed by atoms with E-state index in [1.807, 2.05) is 24.1 Å². The highest BCUT2D eigenvalue weighted by molar-refractivity contribution is 9.10. The molecule has 2 aromatic rings. The standard InChI is InChI=1S/C16H19BrN2O/c1-19(9-10-20)16-7-5-15(6-8-16)18-12-13-3-2-4-14(17)11-13/h2-8,11,18,20H,9-10,12H2,1H3. The van der Waals surface area contributed by atoms with Gasteiger partial charge in [0.1, 0.15) is 0 Å². The summed E-state index contributed by atoms with van der Waals surface area (Å²) in [6.45, 7) is 1.61. The van der Waals surface area contributed by atoms with Gasteiger partial charge < -0.3 is 15.3 Å². The minimum atomic E-state index is 0.166. The van der Waals surface area contributed by atoms with Crippen molar-refractivity contribution in [2.45, 2.75) is 6.54 Å². The van der Waals surface area contributed by atoms with Gasteiger partial charge >= 0.3 is 0 Å². The van der Waals surface area contributed by atoms with Gasteiger partial charge in [0.25, 0.3) is 0 Å². The van der Waals surface area contributed by atoms with E-state index in [0.717, 1.165) is 22.4 Å². The molecule has 2 aromatic carbocycles. The van der Waals surface area contributed by atoms with Gasteiger partial charge in [0.2, 0.25) is 0 Å². The van der Waals surface area contributed by atoms with E-state index >= 15 is 0 Å². The van der Waals surface area contributed by atoms with Crippen molar-refractivity contribution in [2.75, 3.05) is 30.4 Å². The number of anilines is 2. The van der Waals surface area contributed by atoms with Crippen LogP contribution < -0.4 is 10.2 Å². The summed E-state index contributed by atoms with van der Waals surface area (Å²) in [4.78, 5) is 2.03. The Morgan fingerprint density at radius 3 is 2.55 bits per heavy atom. The predicted molar refractivity (Wildman–Crippen MR) is 88.3 cm³/mol. The molecule has 0 amide bonds. The van der Waals surface area contributed by atoms with Crippen LogP contribution in [0.2, 0.25) is 0 Å². The quantitative estimate of drug-likeness (QED) is 0.848. The molecule has 0 heterocycles. The summed E-state index contributed by atoms with van der Waals surface area (Å²) >= 11 is 3.47. The summed E-state index contributed by atoms with van der Waals surface area (Å²) < 4.78 is 1.10. The summed E-state index contributed by atoms with van der Waals surface area (Å²) in [5.41, 5.74) is 3.43. The number of aliphatic hydroxyl groups is 1. The van der Waals surface area contributed by atoms with Gasteiger partial charge in [0.15, 0.2) is 0 Å². The zero-order valence-electron chi connectivity index (χ0n) is 11.5. The van der Waals surface area contributed by atoms with Gasteiger partial charge in [0.05, 0.1) is 6.61 Å². The van der Waals surface area contributed by atoms with Crippen molar-refractivity contribution >= 4 is 27.3 Å². The molecule has 0 saturated carbocycles. The van der Waals surface area contributed by atoms with Crippen molar-refractivity contribution in [2.24, 2.45) is 0 Å². The smallest absolute Gasteiger partial charge is 0.0606 e. The van der Waals surface area contributed by atoms with Crippen LogP contribution in [0.4, 0.5) is 11.4 Å². The van der Waals surface area contributed by atoms with Gasteiger partial charge in [0, 0.05) is 36.0 Å². The first-order valence-electron chi connectivity index (χ1n) is 6.59. The summed E-state index contributed by atoms with van der Waals surface area (Å²) in [5, 5.41) is 12.3. The van der Waals surface area contributed by atoms with E-state index in [9.17, 15) is 0 Å². The average molecular weight is 335 g/mol. The van der Waals surface area contributed by atoms with Crippen molar-refractivity contribution in [1.82, 2.24) is 0 Å². The fraction of sp³-hybridized carbons (Fsp3) is 0.250. The SMILES string of the molecule is CN(CCO)c1ccc(NCc2cccc(Br)c2)cc1. The number of halogens is 1. The van der Waals surface area contributed by atoms with Gasteiger partial charge in [-0.3, -0.25) is 0 Å². The van der Waals surface area contributed by atoms with Crippen LogP contribution in [0.25, 0.3) is 0 Å². The molecule has 0 aliphatic heterocycles. The Bertz CT molecular complexity index is 542. The zero-order valence-corrected chi connectivity index (χ0v) is 13.1. The predicted octanol–water partition coefficient (Wildman–Crippen LogP) is 3.49. The lowest BCUT2D eigenvalue weighted by Gasteiger charge is -2.18. The minimum Gasteiger partial charge on any atom is -0.395 e. The van der Waals surface area contributed by atoms with Gasteiger partial charge in [-0.25, -0.2) is 0 Å². The molecule has 3 nitrogen and oxygen atoms in total. The second-order valence-electron chi connectivity index (χ2n) is 4.68. The van der Waals surface area contributed by atoms with E-state index in [1.165, 1.54) is 5.56 Å². The molecule has 20 heavy (non-hydrogen) atoms. The Kier molecular flexibility index (Phi) is 5.44. The maximum Gasteiger partial charge on any atom is 0.0606 e. The fourth-order valence-corrected chi connectivity index (χ4v) is 2.41. The summed E-state index contributed by atoms with van der Waals surface area (Å²) in [7, 11) is 1.97. The molecule has 0 atom stereocenters. The van der Waals surface area contributed by atoms with Crippen LogP contribution in [0.5, 0.6) is 0 Å². The van der Waals surface area contributed by atoms with Crippen LogP contribution in [0.3, 0.4) is 0 Å². The summed E-state index contributed by atoms with van der Waals surface area (Å²) in [6, 6.07) is 16.5. The lowest BCUT2D eigenvalue weighted by molar-refractivity contribution is 0.304. The van der Waals surface area contributed by atoms with E-state index < -0.39 is 0 Å². The summed E-state index contributed by atoms with van der Waals surface area (Å²) in [6.07, 6.45) is 0. The molecule has 0 unspecified atom stereocenters. The average Bonchev–Trinajstić information content (AvgIpc) is 2.46. The highest BCUT2D eigenvalue weighted by atomic mass is 79.9. The van der Waals surface area contributed by atoms with Gasteiger partial charge in [-0.2, -0.15) is 0 Å². The van der Waals surface area contributed by atoms with Crippen molar-refractivity contribution in [3.05, 3.63) is 58.6 Å². The Labute approximate surface area is 128 Å². The molecule has 0 aliphatic carbocycles. The first-order chi connectivity index (χ1) is 9.69. The molecule has 0 fully saturated rings. The second-order valence-corrected chi connectivity index (χ2v) is 5.59. The van der Waals surface area contributed by atoms with Crippen molar-refractivity contribution in [1.29, 1.82) is 0 Å². The number of benzene rings is 2. The molecule has 0 radical (unpaired) electrons. The largest absolute Gasteiger partial charge is 0.395 e. The van der Waals surface area contributed by atoms with Crippen LogP contribution in [-0.2, 0) is 6.54 Å². The lowest BCUT2D eigenvalue weighted by Crippen LogP contribution is -2.20. The van der Waals surface area contributed by atoms with Gasteiger partial charge in [-0.1, -0.05) is 28.1 Å². The lowest BCUT2D eigenvalue weighted by atomic mass is 10.2. The molecule has 2 rings (SSSR count). The van der Waals surface area contributed by atoms with Crippen molar-refractivity contribution in [3.63, 3.8) is 0 Å². The molecule has 4 heteroatoms. The van der Waals surface area contributed by atoms with E-state index in [2.05, 4.69) is 57.6 Å². The maximum absolute atomic E-state index is 8.93. The third-order valence-electron chi connectivity index (χ3n) is 3.13. The highest BCUT2D eigenvalue weighted by Crippen LogP contribution is 2.18. The Morgan fingerprint density at radius 1 is 1.15 bits per heavy atom. The normalized spacial score (nSPS) is 10.3. The van der Waals surface area contributed by atoms with E-state index in [4.69, 9.17) is 5.11 Å². The molecular weight excluding hydrogens is 316 g/mol. The molecular formula is C16H19BrN2O. The van der Waals surface area contributed by atoms with Crippen LogP contribution in [0.1, 0.15) is 5.56 Å². The number of nitrogens with one attached hydrogen (secondary N) is 1. The number of nitrogens with zero attached hydrogens (tertiary/aromatic N) is 1. The van der Waals surface area contributed by atoms with Crippen molar-refractivity contribution < 1.29 is 5.11 Å². The number of rotatable bonds is 6. The second kappa shape index (κ2) is 7.31. The molecule has 0 aliphatic rings. The Hall–Kier alpha value is -1.52. The monoisotopic (exact) mass is 334 g/mol. The first-order valence-corrected chi connectivity index (χ1v) is 7.39. The van der Waals surface area contributed by atoms with Crippen LogP contribution >= 0.6 is 15.9 Å². The third kappa shape index (κ3) is 4.25. The molecule has 0 saturated heterocycles. The molecule has 0 spiro atoms. The van der Waals surface area contributed by atoms with E-state index in [-0.39, 0.29) is 6.61 Å². The first kappa shape index (κ1) is 14.9. The van der Waals surface area contributed by atoms with Gasteiger partial charge in [-0.05, 0) is 42.0 Å². The highest BCUT2D eigenvalue weighted by Gasteiger charge is 2.00. The molecule has 0 aromatic heterocycles. The minimum absolute atomic E-state index is 0.166. The van der Waals surface area contributed by atoms with Crippen LogP contribution in [0.15, 0.2) is 53.0 Å². The number of hydrogen-bond donors (Lipinski definition) is 2. The van der Waals surface area contributed by atoms with Crippen LogP contribution in [0, 0.1) is 0 Å². The maximum atomic E-state index is 8.93. The number of likely N-dealkylation sites (N-methyl/N-ethyl adjacent to an activating group) is 1. The van der Waals surface area contributed by atoms with Crippen molar-refractivity contribution in [3.8, 4) is 0 Å². The zero-order chi connectivity index (χ0) is 14.4. The fourth-order valence-electron chi connectivity index (χ4n) is 1.96. The number of hydrogen-bond acceptors (Lipinski definition) is 3. The third-order valence-corrected chi connectivity index (χ3v) is 3.62.